The molecule has 6 heteroatoms. The average molecular weight is 347 g/mol. The van der Waals surface area contributed by atoms with E-state index in [9.17, 15) is 5.26 Å². The highest BCUT2D eigenvalue weighted by Crippen LogP contribution is 2.33. The van der Waals surface area contributed by atoms with Crippen LogP contribution in [0, 0.1) is 32.1 Å². The van der Waals surface area contributed by atoms with Crippen molar-refractivity contribution in [2.45, 2.75) is 27.3 Å². The Hall–Kier alpha value is -3.17. The fourth-order valence-electron chi connectivity index (χ4n) is 3.16. The molecule has 3 N–H and O–H groups in total. The molecule has 0 saturated heterocycles. The summed E-state index contributed by atoms with van der Waals surface area (Å²) in [6.07, 6.45) is 1.83. The third kappa shape index (κ3) is 3.30. The molecule has 0 unspecified atom stereocenters. The summed E-state index contributed by atoms with van der Waals surface area (Å²) in [7, 11) is 0. The van der Waals surface area contributed by atoms with Crippen LogP contribution in [0.4, 0.5) is 5.82 Å². The largest absolute Gasteiger partial charge is 0.394 e. The van der Waals surface area contributed by atoms with Crippen molar-refractivity contribution in [2.75, 3.05) is 12.3 Å². The number of benzene rings is 1. The second kappa shape index (κ2) is 6.98. The lowest BCUT2D eigenvalue weighted by atomic mass is 9.97. The van der Waals surface area contributed by atoms with E-state index in [1.165, 1.54) is 0 Å². The summed E-state index contributed by atoms with van der Waals surface area (Å²) in [5, 5.41) is 23.1. The van der Waals surface area contributed by atoms with Gasteiger partial charge in [-0.05, 0) is 39.0 Å². The van der Waals surface area contributed by atoms with Gasteiger partial charge in [-0.25, -0.2) is 4.98 Å². The molecule has 0 aliphatic rings. The molecule has 0 amide bonds. The molecule has 26 heavy (non-hydrogen) atoms. The van der Waals surface area contributed by atoms with Gasteiger partial charge in [0.2, 0.25) is 0 Å². The first-order valence-corrected chi connectivity index (χ1v) is 8.37. The molecular formula is C20H21N5O. The van der Waals surface area contributed by atoms with Crippen molar-refractivity contribution in [1.82, 2.24) is 14.8 Å². The Bertz CT molecular complexity index is 994. The van der Waals surface area contributed by atoms with Crippen LogP contribution in [0.3, 0.4) is 0 Å². The number of aliphatic hydroxyl groups excluding tert-OH is 1. The van der Waals surface area contributed by atoms with E-state index in [1.807, 2.05) is 45.2 Å². The number of nitrogens with zero attached hydrogens (tertiary/aromatic N) is 4. The quantitative estimate of drug-likeness (QED) is 0.755. The number of aromatic nitrogens is 3. The standard InChI is InChI=1S/C20H21N5O/c1-12-6-13(2)8-15(7-12)19-9-16(17(10-21)20(22)23-19)18-11-25(4-5-26)24-14(18)3/h6-9,11,26H,4-5H2,1-3H3,(H2,22,23). The van der Waals surface area contributed by atoms with Crippen LogP contribution in [0.1, 0.15) is 22.4 Å². The minimum Gasteiger partial charge on any atom is -0.394 e. The lowest BCUT2D eigenvalue weighted by Crippen LogP contribution is -2.02. The summed E-state index contributed by atoms with van der Waals surface area (Å²) in [5.41, 5.74) is 12.7. The lowest BCUT2D eigenvalue weighted by molar-refractivity contribution is 0.269. The van der Waals surface area contributed by atoms with Crippen LogP contribution in [0.15, 0.2) is 30.5 Å². The Labute approximate surface area is 152 Å². The van der Waals surface area contributed by atoms with E-state index in [0.29, 0.717) is 17.7 Å². The number of anilines is 1. The third-order valence-corrected chi connectivity index (χ3v) is 4.24. The van der Waals surface area contributed by atoms with Crippen LogP contribution in [0.5, 0.6) is 0 Å². The number of nitriles is 1. The van der Waals surface area contributed by atoms with Gasteiger partial charge in [0.1, 0.15) is 17.5 Å². The molecule has 3 rings (SSSR count). The van der Waals surface area contributed by atoms with Crippen molar-refractivity contribution in [2.24, 2.45) is 0 Å². The van der Waals surface area contributed by atoms with Gasteiger partial charge in [0.05, 0.1) is 24.5 Å². The number of aryl methyl sites for hydroxylation is 3. The Morgan fingerprint density at radius 3 is 2.42 bits per heavy atom. The number of hydrogen-bond donors (Lipinski definition) is 2. The number of hydrogen-bond acceptors (Lipinski definition) is 5. The summed E-state index contributed by atoms with van der Waals surface area (Å²) in [6, 6.07) is 10.2. The maximum absolute atomic E-state index is 9.57. The van der Waals surface area contributed by atoms with Gasteiger partial charge in [0, 0.05) is 22.9 Å². The van der Waals surface area contributed by atoms with Gasteiger partial charge >= 0.3 is 0 Å². The molecule has 3 aromatic rings. The minimum atomic E-state index is -0.00201. The second-order valence-electron chi connectivity index (χ2n) is 6.42. The number of pyridine rings is 1. The third-order valence-electron chi connectivity index (χ3n) is 4.24. The topological polar surface area (TPSA) is 101 Å². The van der Waals surface area contributed by atoms with Crippen LogP contribution in [0.2, 0.25) is 0 Å². The number of aliphatic hydroxyl groups is 1. The van der Waals surface area contributed by atoms with Gasteiger partial charge in [0.25, 0.3) is 0 Å². The Morgan fingerprint density at radius 1 is 1.12 bits per heavy atom. The first kappa shape index (κ1) is 17.6. The predicted molar refractivity (Wildman–Crippen MR) is 101 cm³/mol. The fourth-order valence-corrected chi connectivity index (χ4v) is 3.16. The summed E-state index contributed by atoms with van der Waals surface area (Å²) in [4.78, 5) is 4.44. The molecule has 0 fully saturated rings. The second-order valence-corrected chi connectivity index (χ2v) is 6.42. The first-order chi connectivity index (χ1) is 12.4. The molecule has 0 saturated carbocycles. The monoisotopic (exact) mass is 347 g/mol. The van der Waals surface area contributed by atoms with Crippen LogP contribution < -0.4 is 5.73 Å². The SMILES string of the molecule is Cc1cc(C)cc(-c2cc(-c3cn(CCO)nc3C)c(C#N)c(N)n2)c1. The highest BCUT2D eigenvalue weighted by atomic mass is 16.3. The summed E-state index contributed by atoms with van der Waals surface area (Å²) in [5.74, 6) is 0.202. The number of nitrogens with two attached hydrogens (primary N) is 1. The molecular weight excluding hydrogens is 326 g/mol. The van der Waals surface area contributed by atoms with Crippen molar-refractivity contribution in [3.63, 3.8) is 0 Å². The Kier molecular flexibility index (Phi) is 4.74. The van der Waals surface area contributed by atoms with E-state index in [2.05, 4.69) is 22.2 Å². The number of nitrogen functional groups attached to an aromatic ring is 1. The smallest absolute Gasteiger partial charge is 0.142 e. The van der Waals surface area contributed by atoms with E-state index in [4.69, 9.17) is 10.8 Å². The molecule has 0 aliphatic heterocycles. The summed E-state index contributed by atoms with van der Waals surface area (Å²) in [6.45, 7) is 6.34. The highest BCUT2D eigenvalue weighted by Gasteiger charge is 2.17. The van der Waals surface area contributed by atoms with Crippen molar-refractivity contribution in [1.29, 1.82) is 5.26 Å². The van der Waals surface area contributed by atoms with Crippen molar-refractivity contribution >= 4 is 5.82 Å². The zero-order valence-electron chi connectivity index (χ0n) is 15.1. The van der Waals surface area contributed by atoms with E-state index in [0.717, 1.165) is 33.6 Å². The van der Waals surface area contributed by atoms with Crippen molar-refractivity contribution in [3.05, 3.63) is 52.8 Å². The summed E-state index contributed by atoms with van der Waals surface area (Å²) < 4.78 is 1.67. The zero-order valence-corrected chi connectivity index (χ0v) is 15.1. The first-order valence-electron chi connectivity index (χ1n) is 8.37. The Morgan fingerprint density at radius 2 is 1.81 bits per heavy atom. The molecule has 0 spiro atoms. The van der Waals surface area contributed by atoms with Crippen molar-refractivity contribution < 1.29 is 5.11 Å². The molecule has 0 radical (unpaired) electrons. The minimum absolute atomic E-state index is 0.00201. The van der Waals surface area contributed by atoms with Gasteiger partial charge in [-0.2, -0.15) is 10.4 Å². The average Bonchev–Trinajstić information content (AvgIpc) is 2.94. The molecule has 6 nitrogen and oxygen atoms in total. The molecule has 0 aliphatic carbocycles. The van der Waals surface area contributed by atoms with E-state index in [1.54, 1.807) is 4.68 Å². The van der Waals surface area contributed by atoms with Gasteiger partial charge in [-0.15, -0.1) is 0 Å². The predicted octanol–water partition coefficient (Wildman–Crippen LogP) is 2.98. The van der Waals surface area contributed by atoms with E-state index < -0.39 is 0 Å². The van der Waals surface area contributed by atoms with Crippen LogP contribution in [-0.4, -0.2) is 26.5 Å². The fraction of sp³-hybridized carbons (Fsp3) is 0.250. The lowest BCUT2D eigenvalue weighted by Gasteiger charge is -2.10. The molecule has 0 bridgehead atoms. The van der Waals surface area contributed by atoms with Gasteiger partial charge in [-0.3, -0.25) is 4.68 Å². The van der Waals surface area contributed by atoms with Gasteiger partial charge in [0.15, 0.2) is 0 Å². The highest BCUT2D eigenvalue weighted by molar-refractivity contribution is 5.81. The molecule has 0 atom stereocenters. The van der Waals surface area contributed by atoms with Crippen molar-refractivity contribution in [3.8, 4) is 28.5 Å². The maximum atomic E-state index is 9.57. The van der Waals surface area contributed by atoms with E-state index in [-0.39, 0.29) is 12.4 Å². The van der Waals surface area contributed by atoms with Crippen LogP contribution in [0.25, 0.3) is 22.4 Å². The number of rotatable bonds is 4. The van der Waals surface area contributed by atoms with Gasteiger partial charge in [-0.1, -0.05) is 17.2 Å². The molecule has 1 aromatic carbocycles. The maximum Gasteiger partial charge on any atom is 0.142 e. The summed E-state index contributed by atoms with van der Waals surface area (Å²) >= 11 is 0. The molecule has 132 valence electrons. The zero-order chi connectivity index (χ0) is 18.8. The van der Waals surface area contributed by atoms with Crippen LogP contribution >= 0.6 is 0 Å². The van der Waals surface area contributed by atoms with E-state index >= 15 is 0 Å². The molecule has 2 heterocycles. The normalized spacial score (nSPS) is 10.7. The van der Waals surface area contributed by atoms with Crippen LogP contribution in [-0.2, 0) is 6.54 Å². The molecule has 2 aromatic heterocycles. The van der Waals surface area contributed by atoms with Gasteiger partial charge < -0.3 is 10.8 Å². The Balaban J connectivity index is 2.22.